The molecule has 0 aliphatic heterocycles. The summed E-state index contributed by atoms with van der Waals surface area (Å²) in [6, 6.07) is 16.8. The minimum Gasteiger partial charge on any atom is -0.497 e. The third-order valence-corrected chi connectivity index (χ3v) is 4.77. The second-order valence-electron chi connectivity index (χ2n) is 6.25. The Labute approximate surface area is 132 Å². The lowest BCUT2D eigenvalue weighted by molar-refractivity contribution is -0.121. The Hall–Kier alpha value is -2.09. The topological polar surface area (TPSA) is 26.3 Å². The van der Waals surface area contributed by atoms with Gasteiger partial charge in [-0.3, -0.25) is 4.79 Å². The lowest BCUT2D eigenvalue weighted by Crippen LogP contribution is -2.34. The highest BCUT2D eigenvalue weighted by Gasteiger charge is 2.38. The number of benzene rings is 2. The van der Waals surface area contributed by atoms with E-state index in [4.69, 9.17) is 4.74 Å². The van der Waals surface area contributed by atoms with Gasteiger partial charge in [-0.25, -0.2) is 0 Å². The molecule has 0 heterocycles. The molecule has 2 nitrogen and oxygen atoms in total. The van der Waals surface area contributed by atoms with Gasteiger partial charge in [0.2, 0.25) is 0 Å². The van der Waals surface area contributed by atoms with Crippen LogP contribution in [-0.4, -0.2) is 12.9 Å². The van der Waals surface area contributed by atoms with Gasteiger partial charge in [0.15, 0.2) is 0 Å². The molecule has 0 aromatic heterocycles. The van der Waals surface area contributed by atoms with Gasteiger partial charge in [-0.1, -0.05) is 42.0 Å². The van der Waals surface area contributed by atoms with Crippen LogP contribution in [-0.2, 0) is 10.2 Å². The molecule has 2 aromatic carbocycles. The Morgan fingerprint density at radius 2 is 1.82 bits per heavy atom. The van der Waals surface area contributed by atoms with E-state index >= 15 is 0 Å². The monoisotopic (exact) mass is 294 g/mol. The molecule has 1 aliphatic carbocycles. The number of ketones is 1. The minimum absolute atomic E-state index is 0.187. The lowest BCUT2D eigenvalue weighted by Gasteiger charge is -2.38. The van der Waals surface area contributed by atoms with Gasteiger partial charge in [-0.15, -0.1) is 0 Å². The quantitative estimate of drug-likeness (QED) is 0.837. The summed E-state index contributed by atoms with van der Waals surface area (Å²) in [5, 5.41) is 0. The van der Waals surface area contributed by atoms with Crippen LogP contribution in [0.2, 0.25) is 0 Å². The molecule has 1 atom stereocenters. The van der Waals surface area contributed by atoms with Crippen molar-refractivity contribution in [1.29, 1.82) is 0 Å². The zero-order chi connectivity index (χ0) is 15.6. The van der Waals surface area contributed by atoms with Crippen LogP contribution < -0.4 is 4.74 Å². The summed E-state index contributed by atoms with van der Waals surface area (Å²) in [5.41, 5.74) is 3.52. The summed E-state index contributed by atoms with van der Waals surface area (Å²) in [4.78, 5) is 12.2. The molecule has 1 saturated carbocycles. The standard InChI is InChI=1S/C20H22O2/c1-15-5-3-6-17(13-15)20(12-4-7-18(21)14-20)16-8-10-19(22-2)11-9-16/h3,5-6,8-11,13H,4,7,12,14H2,1-2H3/t20-/m1/s1. The molecule has 0 N–H and O–H groups in total. The van der Waals surface area contributed by atoms with E-state index in [1.807, 2.05) is 12.1 Å². The molecule has 1 aliphatic rings. The van der Waals surface area contributed by atoms with Gasteiger partial charge in [0.05, 0.1) is 7.11 Å². The summed E-state index contributed by atoms with van der Waals surface area (Å²) in [7, 11) is 1.68. The summed E-state index contributed by atoms with van der Waals surface area (Å²) >= 11 is 0. The zero-order valence-electron chi connectivity index (χ0n) is 13.3. The van der Waals surface area contributed by atoms with Gasteiger partial charge in [-0.2, -0.15) is 0 Å². The summed E-state index contributed by atoms with van der Waals surface area (Å²) < 4.78 is 5.27. The number of aryl methyl sites for hydroxylation is 1. The van der Waals surface area contributed by atoms with Gasteiger partial charge in [-0.05, 0) is 43.0 Å². The number of carbonyl (C=O) groups excluding carboxylic acids is 1. The third-order valence-electron chi connectivity index (χ3n) is 4.77. The van der Waals surface area contributed by atoms with Crippen molar-refractivity contribution >= 4 is 5.78 Å². The second kappa shape index (κ2) is 5.96. The molecule has 1 fully saturated rings. The smallest absolute Gasteiger partial charge is 0.134 e. The predicted molar refractivity (Wildman–Crippen MR) is 88.4 cm³/mol. The highest BCUT2D eigenvalue weighted by molar-refractivity contribution is 5.82. The van der Waals surface area contributed by atoms with E-state index in [0.29, 0.717) is 18.6 Å². The maximum atomic E-state index is 12.2. The first-order valence-corrected chi connectivity index (χ1v) is 7.87. The second-order valence-corrected chi connectivity index (χ2v) is 6.25. The van der Waals surface area contributed by atoms with Crippen LogP contribution in [0.25, 0.3) is 0 Å². The van der Waals surface area contributed by atoms with Crippen molar-refractivity contribution in [2.75, 3.05) is 7.11 Å². The van der Waals surface area contributed by atoms with Crippen molar-refractivity contribution in [3.8, 4) is 5.75 Å². The van der Waals surface area contributed by atoms with Crippen LogP contribution >= 0.6 is 0 Å². The van der Waals surface area contributed by atoms with Gasteiger partial charge in [0.1, 0.15) is 11.5 Å². The van der Waals surface area contributed by atoms with Crippen molar-refractivity contribution in [2.24, 2.45) is 0 Å². The maximum absolute atomic E-state index is 12.2. The molecule has 0 radical (unpaired) electrons. The van der Waals surface area contributed by atoms with E-state index in [0.717, 1.165) is 18.6 Å². The van der Waals surface area contributed by atoms with Crippen molar-refractivity contribution in [3.05, 3.63) is 65.2 Å². The van der Waals surface area contributed by atoms with Gasteiger partial charge in [0, 0.05) is 18.3 Å². The Bertz CT molecular complexity index is 672. The lowest BCUT2D eigenvalue weighted by atomic mass is 9.65. The van der Waals surface area contributed by atoms with Crippen molar-refractivity contribution in [3.63, 3.8) is 0 Å². The number of methoxy groups -OCH3 is 1. The van der Waals surface area contributed by atoms with E-state index in [2.05, 4.69) is 43.3 Å². The molecular formula is C20H22O2. The number of hydrogen-bond acceptors (Lipinski definition) is 2. The van der Waals surface area contributed by atoms with Gasteiger partial charge >= 0.3 is 0 Å². The Morgan fingerprint density at radius 1 is 1.05 bits per heavy atom. The molecule has 2 heteroatoms. The van der Waals surface area contributed by atoms with Crippen LogP contribution in [0.4, 0.5) is 0 Å². The molecule has 2 aromatic rings. The highest BCUT2D eigenvalue weighted by atomic mass is 16.5. The largest absolute Gasteiger partial charge is 0.497 e. The predicted octanol–water partition coefficient (Wildman–Crippen LogP) is 4.43. The van der Waals surface area contributed by atoms with Crippen molar-refractivity contribution in [2.45, 2.75) is 38.0 Å². The molecule has 3 rings (SSSR count). The average Bonchev–Trinajstić information content (AvgIpc) is 2.55. The first-order valence-electron chi connectivity index (χ1n) is 7.87. The molecule has 0 saturated heterocycles. The highest BCUT2D eigenvalue weighted by Crippen LogP contribution is 2.44. The number of carbonyl (C=O) groups is 1. The van der Waals surface area contributed by atoms with E-state index in [-0.39, 0.29) is 5.41 Å². The summed E-state index contributed by atoms with van der Waals surface area (Å²) in [5.74, 6) is 1.22. The van der Waals surface area contributed by atoms with E-state index in [9.17, 15) is 4.79 Å². The first kappa shape index (κ1) is 14.8. The molecule has 0 amide bonds. The number of ether oxygens (including phenoxy) is 1. The Balaban J connectivity index is 2.11. The molecule has 114 valence electrons. The van der Waals surface area contributed by atoms with Crippen LogP contribution in [0.3, 0.4) is 0 Å². The fourth-order valence-corrected chi connectivity index (χ4v) is 3.61. The molecule has 22 heavy (non-hydrogen) atoms. The fraction of sp³-hybridized carbons (Fsp3) is 0.350. The van der Waals surface area contributed by atoms with Gasteiger partial charge in [0.25, 0.3) is 0 Å². The van der Waals surface area contributed by atoms with Crippen molar-refractivity contribution in [1.82, 2.24) is 0 Å². The van der Waals surface area contributed by atoms with E-state index in [1.165, 1.54) is 16.7 Å². The third kappa shape index (κ3) is 2.66. The van der Waals surface area contributed by atoms with Crippen LogP contribution in [0, 0.1) is 6.92 Å². The van der Waals surface area contributed by atoms with Crippen LogP contribution in [0.15, 0.2) is 48.5 Å². The van der Waals surface area contributed by atoms with Crippen molar-refractivity contribution < 1.29 is 9.53 Å². The van der Waals surface area contributed by atoms with E-state index < -0.39 is 0 Å². The molecule has 0 bridgehead atoms. The Morgan fingerprint density at radius 3 is 2.45 bits per heavy atom. The normalized spacial score (nSPS) is 21.6. The Kier molecular flexibility index (Phi) is 4.02. The van der Waals surface area contributed by atoms with Crippen LogP contribution in [0.5, 0.6) is 5.75 Å². The van der Waals surface area contributed by atoms with Gasteiger partial charge < -0.3 is 4.74 Å². The fourth-order valence-electron chi connectivity index (χ4n) is 3.61. The summed E-state index contributed by atoms with van der Waals surface area (Å²) in [6.07, 6.45) is 3.29. The number of Topliss-reactive ketones (excluding diaryl/α,β-unsaturated/α-hetero) is 1. The average molecular weight is 294 g/mol. The molecule has 0 unspecified atom stereocenters. The van der Waals surface area contributed by atoms with E-state index in [1.54, 1.807) is 7.11 Å². The first-order chi connectivity index (χ1) is 10.6. The van der Waals surface area contributed by atoms with Crippen LogP contribution in [0.1, 0.15) is 42.4 Å². The summed E-state index contributed by atoms with van der Waals surface area (Å²) in [6.45, 7) is 2.11. The molecule has 0 spiro atoms. The maximum Gasteiger partial charge on any atom is 0.134 e. The minimum atomic E-state index is -0.187. The SMILES string of the molecule is COc1ccc([C@@]2(c3cccc(C)c3)CCCC(=O)C2)cc1. The number of hydrogen-bond donors (Lipinski definition) is 0. The number of rotatable bonds is 3. The molecular weight excluding hydrogens is 272 g/mol. The zero-order valence-corrected chi connectivity index (χ0v) is 13.3.